The number of hydrazone groups is 1. The molecule has 82 valence electrons. The summed E-state index contributed by atoms with van der Waals surface area (Å²) in [5.74, 6) is 0.585. The summed E-state index contributed by atoms with van der Waals surface area (Å²) >= 11 is 5.71. The van der Waals surface area contributed by atoms with Crippen LogP contribution in [0.3, 0.4) is 0 Å². The molecule has 0 aliphatic heterocycles. The Morgan fingerprint density at radius 2 is 2.50 bits per heavy atom. The third kappa shape index (κ3) is 2.29. The number of aromatic nitrogens is 2. The zero-order valence-corrected chi connectivity index (χ0v) is 8.73. The summed E-state index contributed by atoms with van der Waals surface area (Å²) in [5.41, 5.74) is 2.44. The lowest BCUT2D eigenvalue weighted by Gasteiger charge is -1.99. The molecular weight excluding hydrogens is 232 g/mol. The zero-order valence-electron chi connectivity index (χ0n) is 7.98. The minimum absolute atomic E-state index is 0.00611. The van der Waals surface area contributed by atoms with Crippen molar-refractivity contribution in [2.45, 2.75) is 0 Å². The highest BCUT2D eigenvalue weighted by molar-refractivity contribution is 6.32. The molecule has 0 bridgehead atoms. The molecule has 0 saturated heterocycles. The van der Waals surface area contributed by atoms with Crippen molar-refractivity contribution in [3.63, 3.8) is 0 Å². The SMILES string of the molecule is O=c1[nH]ncc(N/N=C\c2ccco2)c1Cl. The van der Waals surface area contributed by atoms with Crippen LogP contribution in [0.25, 0.3) is 0 Å². The summed E-state index contributed by atoms with van der Waals surface area (Å²) in [5, 5.41) is 9.62. The number of H-pyrrole nitrogens is 1. The molecule has 0 spiro atoms. The minimum Gasteiger partial charge on any atom is -0.463 e. The molecule has 7 heteroatoms. The molecule has 0 aromatic carbocycles. The summed E-state index contributed by atoms with van der Waals surface area (Å²) < 4.78 is 5.02. The number of rotatable bonds is 3. The van der Waals surface area contributed by atoms with Crippen LogP contribution < -0.4 is 11.0 Å². The van der Waals surface area contributed by atoms with Crippen molar-refractivity contribution in [1.29, 1.82) is 0 Å². The molecule has 0 fully saturated rings. The van der Waals surface area contributed by atoms with E-state index in [2.05, 4.69) is 20.7 Å². The monoisotopic (exact) mass is 238 g/mol. The van der Waals surface area contributed by atoms with Crippen molar-refractivity contribution < 1.29 is 4.42 Å². The molecule has 2 aromatic rings. The Kier molecular flexibility index (Phi) is 3.02. The lowest BCUT2D eigenvalue weighted by atomic mass is 10.5. The van der Waals surface area contributed by atoms with Gasteiger partial charge in [-0.3, -0.25) is 10.2 Å². The Bertz CT molecular complexity index is 547. The molecule has 0 aliphatic rings. The molecule has 0 saturated carbocycles. The molecule has 2 rings (SSSR count). The summed E-state index contributed by atoms with van der Waals surface area (Å²) in [4.78, 5) is 11.1. The summed E-state index contributed by atoms with van der Waals surface area (Å²) in [6, 6.07) is 3.48. The molecular formula is C9H7ClN4O2. The van der Waals surface area contributed by atoms with Crippen LogP contribution in [0.5, 0.6) is 0 Å². The molecule has 0 unspecified atom stereocenters. The van der Waals surface area contributed by atoms with E-state index in [1.807, 2.05) is 0 Å². The van der Waals surface area contributed by atoms with Crippen LogP contribution in [0, 0.1) is 0 Å². The number of nitrogens with one attached hydrogen (secondary N) is 2. The van der Waals surface area contributed by atoms with Gasteiger partial charge in [0.1, 0.15) is 16.5 Å². The fraction of sp³-hybridized carbons (Fsp3) is 0. The standard InChI is InChI=1S/C9H7ClN4O2/c10-8-7(5-12-14-9(8)15)13-11-4-6-2-1-3-16-6/h1-5H,(H2,13,14,15)/b11-4-. The smallest absolute Gasteiger partial charge is 0.285 e. The Hall–Kier alpha value is -2.08. The first kappa shape index (κ1) is 10.4. The van der Waals surface area contributed by atoms with Crippen LogP contribution in [0.1, 0.15) is 5.76 Å². The highest BCUT2D eigenvalue weighted by atomic mass is 35.5. The average molecular weight is 239 g/mol. The minimum atomic E-state index is -0.472. The predicted molar refractivity (Wildman–Crippen MR) is 59.8 cm³/mol. The van der Waals surface area contributed by atoms with Gasteiger partial charge < -0.3 is 4.42 Å². The second-order valence-corrected chi connectivity index (χ2v) is 3.19. The molecule has 6 nitrogen and oxygen atoms in total. The zero-order chi connectivity index (χ0) is 11.4. The third-order valence-corrected chi connectivity index (χ3v) is 2.09. The molecule has 2 aromatic heterocycles. The molecule has 0 atom stereocenters. The molecule has 2 N–H and O–H groups in total. The van der Waals surface area contributed by atoms with E-state index in [0.29, 0.717) is 11.4 Å². The first-order valence-corrected chi connectivity index (χ1v) is 4.71. The number of aromatic amines is 1. The van der Waals surface area contributed by atoms with Gasteiger partial charge in [-0.1, -0.05) is 11.6 Å². The van der Waals surface area contributed by atoms with Crippen LogP contribution >= 0.6 is 11.6 Å². The van der Waals surface area contributed by atoms with Gasteiger partial charge in [0.25, 0.3) is 5.56 Å². The number of nitrogens with zero attached hydrogens (tertiary/aromatic N) is 2. The van der Waals surface area contributed by atoms with Crippen LogP contribution in [-0.2, 0) is 0 Å². The van der Waals surface area contributed by atoms with Crippen LogP contribution in [0.15, 0.2) is 38.9 Å². The van der Waals surface area contributed by atoms with Crippen LogP contribution in [0.4, 0.5) is 5.69 Å². The van der Waals surface area contributed by atoms with Gasteiger partial charge in [0, 0.05) is 0 Å². The average Bonchev–Trinajstić information content (AvgIpc) is 2.77. The summed E-state index contributed by atoms with van der Waals surface area (Å²) in [6.45, 7) is 0. The van der Waals surface area contributed by atoms with Crippen LogP contribution in [-0.4, -0.2) is 16.4 Å². The maximum Gasteiger partial charge on any atom is 0.285 e. The van der Waals surface area contributed by atoms with Crippen LogP contribution in [0.2, 0.25) is 5.02 Å². The molecule has 2 heterocycles. The van der Waals surface area contributed by atoms with E-state index in [9.17, 15) is 4.79 Å². The maximum atomic E-state index is 11.1. The quantitative estimate of drug-likeness (QED) is 0.626. The van der Waals surface area contributed by atoms with Gasteiger partial charge in [-0.25, -0.2) is 5.10 Å². The normalized spacial score (nSPS) is 10.8. The number of hydrogen-bond donors (Lipinski definition) is 2. The van der Waals surface area contributed by atoms with E-state index in [1.54, 1.807) is 12.1 Å². The molecule has 0 aliphatic carbocycles. The third-order valence-electron chi connectivity index (χ3n) is 1.72. The van der Waals surface area contributed by atoms with E-state index in [-0.39, 0.29) is 5.02 Å². The van der Waals surface area contributed by atoms with E-state index >= 15 is 0 Å². The lowest BCUT2D eigenvalue weighted by Crippen LogP contribution is -2.09. The number of halogens is 1. The van der Waals surface area contributed by atoms with Crippen molar-refractivity contribution in [3.05, 3.63) is 45.7 Å². The van der Waals surface area contributed by atoms with Crippen molar-refractivity contribution >= 4 is 23.5 Å². The summed E-state index contributed by atoms with van der Waals surface area (Å²) in [6.07, 6.45) is 4.35. The Morgan fingerprint density at radius 3 is 3.25 bits per heavy atom. The largest absolute Gasteiger partial charge is 0.463 e. The topological polar surface area (TPSA) is 83.3 Å². The van der Waals surface area contributed by atoms with Gasteiger partial charge in [0.15, 0.2) is 0 Å². The van der Waals surface area contributed by atoms with Crippen molar-refractivity contribution in [3.8, 4) is 0 Å². The Labute approximate surface area is 94.9 Å². The van der Waals surface area contributed by atoms with E-state index in [1.165, 1.54) is 18.7 Å². The molecule has 16 heavy (non-hydrogen) atoms. The highest BCUT2D eigenvalue weighted by Gasteiger charge is 2.02. The van der Waals surface area contributed by atoms with Gasteiger partial charge in [-0.2, -0.15) is 10.2 Å². The van der Waals surface area contributed by atoms with E-state index in [4.69, 9.17) is 16.0 Å². The van der Waals surface area contributed by atoms with Gasteiger partial charge >= 0.3 is 0 Å². The Balaban J connectivity index is 2.11. The second kappa shape index (κ2) is 4.63. The van der Waals surface area contributed by atoms with Gasteiger partial charge in [-0.05, 0) is 12.1 Å². The summed E-state index contributed by atoms with van der Waals surface area (Å²) in [7, 11) is 0. The van der Waals surface area contributed by atoms with Crippen molar-refractivity contribution in [2.24, 2.45) is 5.10 Å². The number of hydrogen-bond acceptors (Lipinski definition) is 5. The van der Waals surface area contributed by atoms with Gasteiger partial charge in [-0.15, -0.1) is 0 Å². The maximum absolute atomic E-state index is 11.1. The van der Waals surface area contributed by atoms with Gasteiger partial charge in [0.2, 0.25) is 0 Å². The number of furan rings is 1. The second-order valence-electron chi connectivity index (χ2n) is 2.81. The first-order valence-electron chi connectivity index (χ1n) is 4.33. The highest BCUT2D eigenvalue weighted by Crippen LogP contribution is 2.13. The van der Waals surface area contributed by atoms with E-state index in [0.717, 1.165) is 0 Å². The Morgan fingerprint density at radius 1 is 1.62 bits per heavy atom. The van der Waals surface area contributed by atoms with Crippen molar-refractivity contribution in [1.82, 2.24) is 10.2 Å². The van der Waals surface area contributed by atoms with E-state index < -0.39 is 5.56 Å². The lowest BCUT2D eigenvalue weighted by molar-refractivity contribution is 0.560. The fourth-order valence-electron chi connectivity index (χ4n) is 0.992. The number of anilines is 1. The molecule has 0 radical (unpaired) electrons. The van der Waals surface area contributed by atoms with Crippen molar-refractivity contribution in [2.75, 3.05) is 5.43 Å². The first-order chi connectivity index (χ1) is 7.77. The molecule has 0 amide bonds. The fourth-order valence-corrected chi connectivity index (χ4v) is 1.12. The van der Waals surface area contributed by atoms with Gasteiger partial charge in [0.05, 0.1) is 18.7 Å². The predicted octanol–water partition coefficient (Wildman–Crippen LogP) is 1.46.